The smallest absolute Gasteiger partial charge is 0.191 e. The number of hydrogen-bond donors (Lipinski definition) is 3. The molecule has 0 spiro atoms. The molecule has 0 radical (unpaired) electrons. The van der Waals surface area contributed by atoms with Crippen molar-refractivity contribution >= 4 is 46.4 Å². The van der Waals surface area contributed by atoms with Gasteiger partial charge in [-0.25, -0.2) is 4.98 Å². The van der Waals surface area contributed by atoms with E-state index in [1.54, 1.807) is 11.3 Å². The topological polar surface area (TPSA) is 82.0 Å². The summed E-state index contributed by atoms with van der Waals surface area (Å²) in [7, 11) is 0. The van der Waals surface area contributed by atoms with Crippen LogP contribution in [-0.2, 0) is 6.42 Å². The molecule has 0 amide bonds. The number of nitrogens with one attached hydrogen (secondary N) is 2. The lowest BCUT2D eigenvalue weighted by Crippen LogP contribution is -2.38. The highest BCUT2D eigenvalue weighted by Gasteiger charge is 2.15. The second kappa shape index (κ2) is 13.8. The first kappa shape index (κ1) is 26.7. The molecule has 1 unspecified atom stereocenters. The van der Waals surface area contributed by atoms with Crippen LogP contribution in [0.3, 0.4) is 0 Å². The molecule has 32 heavy (non-hydrogen) atoms. The molecule has 1 aromatic carbocycles. The molecule has 1 fully saturated rings. The van der Waals surface area contributed by atoms with Crippen LogP contribution in [-0.4, -0.2) is 54.9 Å². The van der Waals surface area contributed by atoms with E-state index in [-0.39, 0.29) is 36.6 Å². The van der Waals surface area contributed by atoms with Gasteiger partial charge in [-0.3, -0.25) is 4.99 Å². The molecule has 0 saturated carbocycles. The highest BCUT2D eigenvalue weighted by molar-refractivity contribution is 14.0. The normalized spacial score (nSPS) is 14.9. The number of aliphatic hydroxyl groups excluding tert-OH is 1. The SMILES string of the molecule is CCNC(=NCC(O)c1cccc(OC(C)C)c1)NCCc1csc(N2CCCC2)n1.I. The minimum absolute atomic E-state index is 0. The lowest BCUT2D eigenvalue weighted by atomic mass is 10.1. The van der Waals surface area contributed by atoms with Gasteiger partial charge >= 0.3 is 0 Å². The fourth-order valence-electron chi connectivity index (χ4n) is 3.47. The molecule has 2 heterocycles. The van der Waals surface area contributed by atoms with Gasteiger partial charge in [-0.05, 0) is 51.3 Å². The van der Waals surface area contributed by atoms with E-state index in [1.807, 2.05) is 45.0 Å². The lowest BCUT2D eigenvalue weighted by Gasteiger charge is -2.15. The van der Waals surface area contributed by atoms with Crippen molar-refractivity contribution in [2.75, 3.05) is 37.6 Å². The van der Waals surface area contributed by atoms with Crippen LogP contribution in [0, 0.1) is 0 Å². The summed E-state index contributed by atoms with van der Waals surface area (Å²) < 4.78 is 5.72. The summed E-state index contributed by atoms with van der Waals surface area (Å²) in [6.07, 6.45) is 2.78. The molecule has 3 rings (SSSR count). The third-order valence-electron chi connectivity index (χ3n) is 4.97. The standard InChI is InChI=1S/C23H35N5O2S.HI/c1-4-24-22(25-11-10-19-16-31-23(27-19)28-12-5-6-13-28)26-15-21(29)18-8-7-9-20(14-18)30-17(2)3;/h7-9,14,16-17,21,29H,4-6,10-13,15H2,1-3H3,(H2,24,25,26);1H. The number of halogens is 1. The van der Waals surface area contributed by atoms with Crippen LogP contribution in [0.4, 0.5) is 5.13 Å². The van der Waals surface area contributed by atoms with Crippen LogP contribution in [0.1, 0.15) is 51.0 Å². The first-order chi connectivity index (χ1) is 15.0. The maximum Gasteiger partial charge on any atom is 0.191 e. The van der Waals surface area contributed by atoms with Gasteiger partial charge in [0.25, 0.3) is 0 Å². The van der Waals surface area contributed by atoms with Crippen molar-refractivity contribution in [1.82, 2.24) is 15.6 Å². The highest BCUT2D eigenvalue weighted by atomic mass is 127. The number of benzene rings is 1. The monoisotopic (exact) mass is 573 g/mol. The van der Waals surface area contributed by atoms with Crippen LogP contribution >= 0.6 is 35.3 Å². The molecule has 1 aliphatic rings. The number of aromatic nitrogens is 1. The first-order valence-corrected chi connectivity index (χ1v) is 12.1. The number of thiazole rings is 1. The predicted octanol–water partition coefficient (Wildman–Crippen LogP) is 3.98. The Balaban J connectivity index is 0.00000363. The number of anilines is 1. The number of hydrogen-bond acceptors (Lipinski definition) is 6. The van der Waals surface area contributed by atoms with E-state index in [1.165, 1.54) is 12.8 Å². The summed E-state index contributed by atoms with van der Waals surface area (Å²) in [5, 5.41) is 20.4. The minimum Gasteiger partial charge on any atom is -0.491 e. The zero-order chi connectivity index (χ0) is 22.1. The van der Waals surface area contributed by atoms with E-state index in [0.717, 1.165) is 54.7 Å². The van der Waals surface area contributed by atoms with Crippen LogP contribution < -0.4 is 20.3 Å². The maximum absolute atomic E-state index is 10.6. The number of aliphatic hydroxyl groups is 1. The Morgan fingerprint density at radius 2 is 2.06 bits per heavy atom. The summed E-state index contributed by atoms with van der Waals surface area (Å²) in [6.45, 7) is 10.0. The molecule has 1 saturated heterocycles. The Bertz CT molecular complexity index is 839. The van der Waals surface area contributed by atoms with Crippen molar-refractivity contribution in [3.63, 3.8) is 0 Å². The number of aliphatic imine (C=N–C) groups is 1. The van der Waals surface area contributed by atoms with Gasteiger partial charge in [-0.15, -0.1) is 35.3 Å². The Hall–Kier alpha value is -1.59. The van der Waals surface area contributed by atoms with Crippen molar-refractivity contribution in [3.8, 4) is 5.75 Å². The Morgan fingerprint density at radius 3 is 2.78 bits per heavy atom. The average molecular weight is 574 g/mol. The molecule has 3 N–H and O–H groups in total. The molecule has 1 atom stereocenters. The average Bonchev–Trinajstić information content (AvgIpc) is 3.43. The molecular formula is C23H36IN5O2S. The molecule has 2 aromatic rings. The number of rotatable bonds is 10. The third kappa shape index (κ3) is 8.40. The second-order valence-electron chi connectivity index (χ2n) is 7.97. The molecule has 7 nitrogen and oxygen atoms in total. The molecule has 1 aromatic heterocycles. The predicted molar refractivity (Wildman–Crippen MR) is 144 cm³/mol. The Kier molecular flexibility index (Phi) is 11.5. The summed E-state index contributed by atoms with van der Waals surface area (Å²) in [6, 6.07) is 7.57. The van der Waals surface area contributed by atoms with Crippen molar-refractivity contribution in [1.29, 1.82) is 0 Å². The van der Waals surface area contributed by atoms with Gasteiger partial charge in [0.15, 0.2) is 11.1 Å². The van der Waals surface area contributed by atoms with Gasteiger partial charge in [-0.2, -0.15) is 0 Å². The molecular weight excluding hydrogens is 537 g/mol. The zero-order valence-electron chi connectivity index (χ0n) is 19.2. The summed E-state index contributed by atoms with van der Waals surface area (Å²) in [5.41, 5.74) is 1.91. The van der Waals surface area contributed by atoms with Gasteiger partial charge in [0.1, 0.15) is 5.75 Å². The van der Waals surface area contributed by atoms with Gasteiger partial charge in [-0.1, -0.05) is 12.1 Å². The lowest BCUT2D eigenvalue weighted by molar-refractivity contribution is 0.185. The summed E-state index contributed by atoms with van der Waals surface area (Å²) >= 11 is 1.73. The third-order valence-corrected chi connectivity index (χ3v) is 5.92. The first-order valence-electron chi connectivity index (χ1n) is 11.2. The zero-order valence-corrected chi connectivity index (χ0v) is 22.4. The van der Waals surface area contributed by atoms with Crippen LogP contribution in [0.25, 0.3) is 0 Å². The van der Waals surface area contributed by atoms with E-state index in [2.05, 4.69) is 25.9 Å². The fraction of sp³-hybridized carbons (Fsp3) is 0.565. The van der Waals surface area contributed by atoms with Crippen molar-refractivity contribution in [3.05, 3.63) is 40.9 Å². The van der Waals surface area contributed by atoms with Gasteiger partial charge in [0.05, 0.1) is 24.4 Å². The minimum atomic E-state index is -0.687. The van der Waals surface area contributed by atoms with Crippen molar-refractivity contribution in [2.45, 2.75) is 52.2 Å². The van der Waals surface area contributed by atoms with Gasteiger partial charge in [0, 0.05) is 38.0 Å². The van der Waals surface area contributed by atoms with Crippen molar-refractivity contribution in [2.24, 2.45) is 4.99 Å². The molecule has 0 bridgehead atoms. The summed E-state index contributed by atoms with van der Waals surface area (Å²) in [5.74, 6) is 1.46. The number of nitrogens with zero attached hydrogens (tertiary/aromatic N) is 3. The summed E-state index contributed by atoms with van der Waals surface area (Å²) in [4.78, 5) is 11.7. The Labute approximate surface area is 212 Å². The quantitative estimate of drug-likeness (QED) is 0.227. The van der Waals surface area contributed by atoms with E-state index >= 15 is 0 Å². The highest BCUT2D eigenvalue weighted by Crippen LogP contribution is 2.24. The van der Waals surface area contributed by atoms with Crippen LogP contribution in [0.5, 0.6) is 5.75 Å². The molecule has 178 valence electrons. The largest absolute Gasteiger partial charge is 0.491 e. The van der Waals surface area contributed by atoms with Crippen LogP contribution in [0.15, 0.2) is 34.6 Å². The molecule has 9 heteroatoms. The van der Waals surface area contributed by atoms with E-state index in [9.17, 15) is 5.11 Å². The van der Waals surface area contributed by atoms with E-state index in [0.29, 0.717) is 5.96 Å². The van der Waals surface area contributed by atoms with Gasteiger partial charge < -0.3 is 25.4 Å². The van der Waals surface area contributed by atoms with E-state index < -0.39 is 6.10 Å². The number of ether oxygens (including phenoxy) is 1. The van der Waals surface area contributed by atoms with Crippen LogP contribution in [0.2, 0.25) is 0 Å². The Morgan fingerprint density at radius 1 is 1.28 bits per heavy atom. The van der Waals surface area contributed by atoms with E-state index in [4.69, 9.17) is 9.72 Å². The molecule has 1 aliphatic heterocycles. The molecule has 0 aliphatic carbocycles. The maximum atomic E-state index is 10.6. The number of guanidine groups is 1. The fourth-order valence-corrected chi connectivity index (χ4v) is 4.38. The van der Waals surface area contributed by atoms with Crippen molar-refractivity contribution < 1.29 is 9.84 Å². The van der Waals surface area contributed by atoms with Gasteiger partial charge in [0.2, 0.25) is 0 Å². The second-order valence-corrected chi connectivity index (χ2v) is 8.80.